The molecule has 16 heavy (non-hydrogen) atoms. The van der Waals surface area contributed by atoms with Gasteiger partial charge in [-0.15, -0.1) is 0 Å². The number of hydrogen-bond acceptors (Lipinski definition) is 1. The second-order valence-corrected chi connectivity index (χ2v) is 3.99. The van der Waals surface area contributed by atoms with Gasteiger partial charge in [0.1, 0.15) is 5.75 Å². The summed E-state index contributed by atoms with van der Waals surface area (Å²) in [6.45, 7) is 3.25. The van der Waals surface area contributed by atoms with Crippen LogP contribution in [-0.2, 0) is 6.54 Å². The standard InChI is InChI=1S/C14H17NO/c1-2-3-10-15-11-4-5-14(15)12-6-8-13(16)9-7-12/h4-9,11,16H,2-3,10H2,1H3. The Hall–Kier alpha value is -1.70. The van der Waals surface area contributed by atoms with Gasteiger partial charge in [-0.05, 0) is 48.4 Å². The lowest BCUT2D eigenvalue weighted by Gasteiger charge is -2.08. The molecule has 0 bridgehead atoms. The Labute approximate surface area is 96.2 Å². The average molecular weight is 215 g/mol. The highest BCUT2D eigenvalue weighted by Crippen LogP contribution is 2.22. The highest BCUT2D eigenvalue weighted by Gasteiger charge is 2.03. The highest BCUT2D eigenvalue weighted by molar-refractivity contribution is 5.60. The van der Waals surface area contributed by atoms with Crippen LogP contribution >= 0.6 is 0 Å². The summed E-state index contributed by atoms with van der Waals surface area (Å²) < 4.78 is 2.26. The molecule has 0 amide bonds. The van der Waals surface area contributed by atoms with Gasteiger partial charge in [0.05, 0.1) is 0 Å². The van der Waals surface area contributed by atoms with Gasteiger partial charge >= 0.3 is 0 Å². The molecule has 0 saturated heterocycles. The molecule has 2 heteroatoms. The van der Waals surface area contributed by atoms with Crippen LogP contribution in [0.2, 0.25) is 0 Å². The second kappa shape index (κ2) is 4.88. The molecule has 0 saturated carbocycles. The Kier molecular flexibility index (Phi) is 3.30. The van der Waals surface area contributed by atoms with E-state index >= 15 is 0 Å². The van der Waals surface area contributed by atoms with Gasteiger partial charge in [-0.25, -0.2) is 0 Å². The molecule has 0 aliphatic heterocycles. The van der Waals surface area contributed by atoms with Crippen LogP contribution in [0.3, 0.4) is 0 Å². The largest absolute Gasteiger partial charge is 0.508 e. The monoisotopic (exact) mass is 215 g/mol. The number of unbranched alkanes of at least 4 members (excludes halogenated alkanes) is 1. The normalized spacial score (nSPS) is 10.6. The van der Waals surface area contributed by atoms with Crippen LogP contribution in [0.15, 0.2) is 42.6 Å². The van der Waals surface area contributed by atoms with Crippen molar-refractivity contribution in [2.75, 3.05) is 0 Å². The molecule has 1 aromatic heterocycles. The molecule has 1 aromatic carbocycles. The average Bonchev–Trinajstić information content (AvgIpc) is 2.75. The number of phenolic OH excluding ortho intramolecular Hbond substituents is 1. The predicted octanol–water partition coefficient (Wildman–Crippen LogP) is 3.66. The molecule has 0 fully saturated rings. The van der Waals surface area contributed by atoms with Crippen LogP contribution in [0, 0.1) is 0 Å². The summed E-state index contributed by atoms with van der Waals surface area (Å²) in [5.41, 5.74) is 2.37. The number of hydrogen-bond donors (Lipinski definition) is 1. The van der Waals surface area contributed by atoms with Crippen LogP contribution in [-0.4, -0.2) is 9.67 Å². The topological polar surface area (TPSA) is 25.2 Å². The molecule has 0 atom stereocenters. The minimum Gasteiger partial charge on any atom is -0.508 e. The maximum absolute atomic E-state index is 9.26. The zero-order valence-corrected chi connectivity index (χ0v) is 9.56. The van der Waals surface area contributed by atoms with Crippen LogP contribution in [0.4, 0.5) is 0 Å². The van der Waals surface area contributed by atoms with Gasteiger partial charge in [0.25, 0.3) is 0 Å². The van der Waals surface area contributed by atoms with Gasteiger partial charge in [0.15, 0.2) is 0 Å². The minimum atomic E-state index is 0.315. The first kappa shape index (κ1) is 10.8. The van der Waals surface area contributed by atoms with Crippen molar-refractivity contribution in [2.45, 2.75) is 26.3 Å². The smallest absolute Gasteiger partial charge is 0.115 e. The lowest BCUT2D eigenvalue weighted by molar-refractivity contribution is 0.475. The van der Waals surface area contributed by atoms with Gasteiger partial charge in [-0.1, -0.05) is 13.3 Å². The highest BCUT2D eigenvalue weighted by atomic mass is 16.3. The number of nitrogens with zero attached hydrogens (tertiary/aromatic N) is 1. The summed E-state index contributed by atoms with van der Waals surface area (Å²) in [6.07, 6.45) is 4.50. The van der Waals surface area contributed by atoms with Gasteiger partial charge in [-0.2, -0.15) is 0 Å². The van der Waals surface area contributed by atoms with Gasteiger partial charge in [0.2, 0.25) is 0 Å². The van der Waals surface area contributed by atoms with Crippen LogP contribution < -0.4 is 0 Å². The summed E-state index contributed by atoms with van der Waals surface area (Å²) in [5, 5.41) is 9.26. The fourth-order valence-electron chi connectivity index (χ4n) is 1.83. The van der Waals surface area contributed by atoms with Crippen molar-refractivity contribution in [1.29, 1.82) is 0 Å². The maximum atomic E-state index is 9.26. The Morgan fingerprint density at radius 3 is 2.56 bits per heavy atom. The first-order chi connectivity index (χ1) is 7.81. The summed E-state index contributed by atoms with van der Waals surface area (Å²) in [5.74, 6) is 0.315. The first-order valence-corrected chi connectivity index (χ1v) is 5.76. The zero-order chi connectivity index (χ0) is 11.4. The number of benzene rings is 1. The van der Waals surface area contributed by atoms with E-state index in [9.17, 15) is 5.11 Å². The maximum Gasteiger partial charge on any atom is 0.115 e. The van der Waals surface area contributed by atoms with E-state index in [4.69, 9.17) is 0 Å². The van der Waals surface area contributed by atoms with Crippen molar-refractivity contribution in [2.24, 2.45) is 0 Å². The molecule has 2 nitrogen and oxygen atoms in total. The van der Waals surface area contributed by atoms with E-state index in [2.05, 4.69) is 29.8 Å². The third-order valence-electron chi connectivity index (χ3n) is 2.75. The Bertz CT molecular complexity index is 442. The Morgan fingerprint density at radius 2 is 1.88 bits per heavy atom. The van der Waals surface area contributed by atoms with E-state index in [0.717, 1.165) is 12.1 Å². The van der Waals surface area contributed by atoms with E-state index in [1.165, 1.54) is 18.5 Å². The Morgan fingerprint density at radius 1 is 1.12 bits per heavy atom. The van der Waals surface area contributed by atoms with Gasteiger partial charge in [0, 0.05) is 18.4 Å². The molecule has 2 aromatic rings. The first-order valence-electron chi connectivity index (χ1n) is 5.76. The molecular weight excluding hydrogens is 198 g/mol. The van der Waals surface area contributed by atoms with Crippen LogP contribution in [0.5, 0.6) is 5.75 Å². The van der Waals surface area contributed by atoms with Crippen molar-refractivity contribution in [3.05, 3.63) is 42.6 Å². The fraction of sp³-hybridized carbons (Fsp3) is 0.286. The van der Waals surface area contributed by atoms with Crippen LogP contribution in [0.25, 0.3) is 11.3 Å². The van der Waals surface area contributed by atoms with E-state index in [1.54, 1.807) is 12.1 Å². The number of phenols is 1. The molecule has 0 aliphatic rings. The van der Waals surface area contributed by atoms with E-state index < -0.39 is 0 Å². The number of aromatic nitrogens is 1. The minimum absolute atomic E-state index is 0.315. The molecule has 0 radical (unpaired) electrons. The third-order valence-corrected chi connectivity index (χ3v) is 2.75. The van der Waals surface area contributed by atoms with Crippen molar-refractivity contribution in [3.63, 3.8) is 0 Å². The molecule has 1 N–H and O–H groups in total. The van der Waals surface area contributed by atoms with Crippen molar-refractivity contribution in [1.82, 2.24) is 4.57 Å². The molecule has 0 aliphatic carbocycles. The van der Waals surface area contributed by atoms with E-state index in [-0.39, 0.29) is 0 Å². The quantitative estimate of drug-likeness (QED) is 0.827. The number of rotatable bonds is 4. The second-order valence-electron chi connectivity index (χ2n) is 3.99. The molecule has 2 rings (SSSR count). The molecule has 1 heterocycles. The van der Waals surface area contributed by atoms with Crippen molar-refractivity contribution < 1.29 is 5.11 Å². The number of aryl methyl sites for hydroxylation is 1. The Balaban J connectivity index is 2.26. The van der Waals surface area contributed by atoms with Crippen LogP contribution in [0.1, 0.15) is 19.8 Å². The number of aromatic hydroxyl groups is 1. The summed E-state index contributed by atoms with van der Waals surface area (Å²) in [4.78, 5) is 0. The lowest BCUT2D eigenvalue weighted by atomic mass is 10.1. The molecule has 0 spiro atoms. The summed E-state index contributed by atoms with van der Waals surface area (Å²) >= 11 is 0. The van der Waals surface area contributed by atoms with E-state index in [1.807, 2.05) is 12.1 Å². The van der Waals surface area contributed by atoms with Gasteiger partial charge in [-0.3, -0.25) is 0 Å². The fourth-order valence-corrected chi connectivity index (χ4v) is 1.83. The van der Waals surface area contributed by atoms with Gasteiger partial charge < -0.3 is 9.67 Å². The third kappa shape index (κ3) is 2.27. The molecule has 84 valence electrons. The summed E-state index contributed by atoms with van der Waals surface area (Å²) in [7, 11) is 0. The van der Waals surface area contributed by atoms with Crippen molar-refractivity contribution in [3.8, 4) is 17.0 Å². The van der Waals surface area contributed by atoms with E-state index in [0.29, 0.717) is 5.75 Å². The van der Waals surface area contributed by atoms with Crippen molar-refractivity contribution >= 4 is 0 Å². The zero-order valence-electron chi connectivity index (χ0n) is 9.56. The molecule has 0 unspecified atom stereocenters. The predicted molar refractivity (Wildman–Crippen MR) is 66.4 cm³/mol. The summed E-state index contributed by atoms with van der Waals surface area (Å²) in [6, 6.07) is 11.5. The lowest BCUT2D eigenvalue weighted by Crippen LogP contribution is -1.97. The molecular formula is C14H17NO. The SMILES string of the molecule is CCCCn1cccc1-c1ccc(O)cc1.